The fraction of sp³-hybridized carbons (Fsp3) is 0.700. The Labute approximate surface area is 84.9 Å². The third kappa shape index (κ3) is 5.59. The lowest BCUT2D eigenvalue weighted by Crippen LogP contribution is -2.28. The van der Waals surface area contributed by atoms with E-state index in [2.05, 4.69) is 6.58 Å². The van der Waals surface area contributed by atoms with Gasteiger partial charge in [-0.05, 0) is 20.8 Å². The van der Waals surface area contributed by atoms with Crippen molar-refractivity contribution in [1.82, 2.24) is 5.48 Å². The van der Waals surface area contributed by atoms with Gasteiger partial charge in [-0.15, -0.1) is 0 Å². The van der Waals surface area contributed by atoms with Crippen molar-refractivity contribution >= 4 is 5.97 Å². The van der Waals surface area contributed by atoms with E-state index >= 15 is 0 Å². The van der Waals surface area contributed by atoms with Gasteiger partial charge in [0.15, 0.2) is 0 Å². The van der Waals surface area contributed by atoms with Gasteiger partial charge in [0.1, 0.15) is 5.60 Å². The molecule has 1 atom stereocenters. The summed E-state index contributed by atoms with van der Waals surface area (Å²) in [5.41, 5.74) is 1.84. The van der Waals surface area contributed by atoms with Crippen molar-refractivity contribution < 1.29 is 14.7 Å². The zero-order chi connectivity index (χ0) is 11.4. The molecule has 0 saturated carbocycles. The fourth-order valence-corrected chi connectivity index (χ4v) is 0.901. The fourth-order valence-electron chi connectivity index (χ4n) is 0.901. The molecule has 0 aromatic rings. The standard InChI is InChI=1S/C10H19NO3/c1-7(6-8(2)11-13)9(12)14-10(3,4)5/h7,11,13H,2,6H2,1,3-5H3. The average molecular weight is 201 g/mol. The smallest absolute Gasteiger partial charge is 0.309 e. The van der Waals surface area contributed by atoms with Gasteiger partial charge in [0, 0.05) is 12.1 Å². The Balaban J connectivity index is 4.07. The third-order valence-electron chi connectivity index (χ3n) is 1.52. The van der Waals surface area contributed by atoms with E-state index in [1.807, 2.05) is 26.3 Å². The second-order valence-corrected chi connectivity index (χ2v) is 4.35. The number of hydrogen-bond donors (Lipinski definition) is 2. The monoisotopic (exact) mass is 201 g/mol. The molecule has 0 aliphatic carbocycles. The second kappa shape index (κ2) is 5.00. The first kappa shape index (κ1) is 13.0. The molecule has 4 nitrogen and oxygen atoms in total. The summed E-state index contributed by atoms with van der Waals surface area (Å²) < 4.78 is 5.16. The van der Waals surface area contributed by atoms with Crippen LogP contribution in [0.1, 0.15) is 34.1 Å². The molecular weight excluding hydrogens is 182 g/mol. The van der Waals surface area contributed by atoms with E-state index in [0.717, 1.165) is 0 Å². The first-order valence-electron chi connectivity index (χ1n) is 4.57. The van der Waals surface area contributed by atoms with Crippen LogP contribution in [0.3, 0.4) is 0 Å². The van der Waals surface area contributed by atoms with Gasteiger partial charge in [-0.2, -0.15) is 0 Å². The van der Waals surface area contributed by atoms with E-state index in [9.17, 15) is 4.79 Å². The Morgan fingerprint density at radius 3 is 2.43 bits per heavy atom. The highest BCUT2D eigenvalue weighted by atomic mass is 16.6. The summed E-state index contributed by atoms with van der Waals surface area (Å²) in [5.74, 6) is -0.588. The Morgan fingerprint density at radius 1 is 1.57 bits per heavy atom. The Hall–Kier alpha value is -1.03. The number of rotatable bonds is 4. The zero-order valence-corrected chi connectivity index (χ0v) is 9.26. The summed E-state index contributed by atoms with van der Waals surface area (Å²) >= 11 is 0. The maximum atomic E-state index is 11.4. The normalized spacial score (nSPS) is 13.2. The van der Waals surface area contributed by atoms with E-state index in [1.165, 1.54) is 0 Å². The molecule has 2 N–H and O–H groups in total. The molecule has 0 radical (unpaired) electrons. The van der Waals surface area contributed by atoms with Crippen molar-refractivity contribution in [3.8, 4) is 0 Å². The quantitative estimate of drug-likeness (QED) is 0.538. The van der Waals surface area contributed by atoms with Crippen LogP contribution in [0.5, 0.6) is 0 Å². The summed E-state index contributed by atoms with van der Waals surface area (Å²) in [6, 6.07) is 0. The van der Waals surface area contributed by atoms with Crippen molar-refractivity contribution in [3.05, 3.63) is 12.3 Å². The number of esters is 1. The molecule has 0 spiro atoms. The van der Waals surface area contributed by atoms with Crippen molar-refractivity contribution in [2.75, 3.05) is 0 Å². The van der Waals surface area contributed by atoms with Crippen LogP contribution in [0.4, 0.5) is 0 Å². The highest BCUT2D eigenvalue weighted by Crippen LogP contribution is 2.15. The van der Waals surface area contributed by atoms with Crippen LogP contribution < -0.4 is 5.48 Å². The number of hydrogen-bond acceptors (Lipinski definition) is 4. The summed E-state index contributed by atoms with van der Waals surface area (Å²) in [5, 5.41) is 8.50. The molecule has 0 aromatic carbocycles. The largest absolute Gasteiger partial charge is 0.460 e. The maximum Gasteiger partial charge on any atom is 0.309 e. The Bertz CT molecular complexity index is 218. The van der Waals surface area contributed by atoms with Crippen LogP contribution >= 0.6 is 0 Å². The summed E-state index contributed by atoms with van der Waals surface area (Å²) in [6.07, 6.45) is 0.366. The van der Waals surface area contributed by atoms with Crippen LogP contribution in [-0.4, -0.2) is 16.8 Å². The predicted molar refractivity (Wildman–Crippen MR) is 53.7 cm³/mol. The topological polar surface area (TPSA) is 58.6 Å². The lowest BCUT2D eigenvalue weighted by Gasteiger charge is -2.22. The predicted octanol–water partition coefficient (Wildman–Crippen LogP) is 1.85. The minimum absolute atomic E-state index is 0.283. The maximum absolute atomic E-state index is 11.4. The van der Waals surface area contributed by atoms with E-state index < -0.39 is 5.60 Å². The molecule has 0 aliphatic heterocycles. The van der Waals surface area contributed by atoms with E-state index in [4.69, 9.17) is 9.94 Å². The minimum atomic E-state index is -0.473. The van der Waals surface area contributed by atoms with Crippen LogP contribution in [-0.2, 0) is 9.53 Å². The first-order valence-corrected chi connectivity index (χ1v) is 4.57. The molecule has 0 fully saturated rings. The Kier molecular flexibility index (Phi) is 4.63. The molecule has 0 saturated heterocycles. The molecule has 0 amide bonds. The SMILES string of the molecule is C=C(CC(C)C(=O)OC(C)(C)C)NO. The number of ether oxygens (including phenoxy) is 1. The van der Waals surface area contributed by atoms with Crippen LogP contribution in [0.25, 0.3) is 0 Å². The van der Waals surface area contributed by atoms with Gasteiger partial charge in [0.2, 0.25) is 0 Å². The number of carbonyl (C=O) groups excluding carboxylic acids is 1. The minimum Gasteiger partial charge on any atom is -0.460 e. The van der Waals surface area contributed by atoms with Gasteiger partial charge >= 0.3 is 5.97 Å². The molecule has 4 heteroatoms. The van der Waals surface area contributed by atoms with Gasteiger partial charge in [-0.25, -0.2) is 0 Å². The van der Waals surface area contributed by atoms with Crippen molar-refractivity contribution in [2.45, 2.75) is 39.7 Å². The van der Waals surface area contributed by atoms with Gasteiger partial charge in [-0.3, -0.25) is 15.5 Å². The second-order valence-electron chi connectivity index (χ2n) is 4.35. The summed E-state index contributed by atoms with van der Waals surface area (Å²) in [6.45, 7) is 10.7. The number of hydroxylamine groups is 1. The molecule has 0 aliphatic rings. The number of nitrogens with one attached hydrogen (secondary N) is 1. The van der Waals surface area contributed by atoms with E-state index in [0.29, 0.717) is 12.1 Å². The number of allylic oxidation sites excluding steroid dienone is 1. The van der Waals surface area contributed by atoms with Crippen molar-refractivity contribution in [1.29, 1.82) is 0 Å². The van der Waals surface area contributed by atoms with Crippen LogP contribution in [0.2, 0.25) is 0 Å². The lowest BCUT2D eigenvalue weighted by molar-refractivity contribution is -0.159. The first-order chi connectivity index (χ1) is 6.26. The molecule has 0 aromatic heterocycles. The van der Waals surface area contributed by atoms with Crippen molar-refractivity contribution in [2.24, 2.45) is 5.92 Å². The zero-order valence-electron chi connectivity index (χ0n) is 9.26. The van der Waals surface area contributed by atoms with Gasteiger partial charge in [0.25, 0.3) is 0 Å². The molecule has 0 heterocycles. The van der Waals surface area contributed by atoms with E-state index in [-0.39, 0.29) is 11.9 Å². The summed E-state index contributed by atoms with van der Waals surface area (Å²) in [4.78, 5) is 11.4. The molecule has 1 unspecified atom stereocenters. The number of carbonyl (C=O) groups is 1. The van der Waals surface area contributed by atoms with Crippen molar-refractivity contribution in [3.63, 3.8) is 0 Å². The van der Waals surface area contributed by atoms with Crippen LogP contribution in [0, 0.1) is 5.92 Å². The average Bonchev–Trinajstić information content (AvgIpc) is 2.00. The van der Waals surface area contributed by atoms with E-state index in [1.54, 1.807) is 6.92 Å². The van der Waals surface area contributed by atoms with Gasteiger partial charge in [-0.1, -0.05) is 13.5 Å². The summed E-state index contributed by atoms with van der Waals surface area (Å²) in [7, 11) is 0. The molecule has 0 rings (SSSR count). The lowest BCUT2D eigenvalue weighted by atomic mass is 10.1. The molecular formula is C10H19NO3. The molecule has 14 heavy (non-hydrogen) atoms. The Morgan fingerprint density at radius 2 is 2.07 bits per heavy atom. The van der Waals surface area contributed by atoms with Gasteiger partial charge < -0.3 is 4.74 Å². The highest BCUT2D eigenvalue weighted by molar-refractivity contribution is 5.72. The molecule has 0 bridgehead atoms. The van der Waals surface area contributed by atoms with Crippen LogP contribution in [0.15, 0.2) is 12.3 Å². The highest BCUT2D eigenvalue weighted by Gasteiger charge is 2.21. The molecule has 82 valence electrons. The third-order valence-corrected chi connectivity index (χ3v) is 1.52. The van der Waals surface area contributed by atoms with Gasteiger partial charge in [0.05, 0.1) is 5.92 Å².